The van der Waals surface area contributed by atoms with Crippen LogP contribution in [0.3, 0.4) is 0 Å². The molecule has 0 N–H and O–H groups in total. The zero-order valence-electron chi connectivity index (χ0n) is 50.8. The third-order valence-electron chi connectivity index (χ3n) is 14.8. The highest BCUT2D eigenvalue weighted by atomic mass is 16.6. The fourth-order valence-electron chi connectivity index (χ4n) is 9.79. The zero-order valence-corrected chi connectivity index (χ0v) is 50.8. The molecule has 6 heteroatoms. The van der Waals surface area contributed by atoms with Crippen molar-refractivity contribution >= 4 is 17.9 Å². The third-order valence-corrected chi connectivity index (χ3v) is 14.8. The predicted octanol–water partition coefficient (Wildman–Crippen LogP) is 22.7. The van der Waals surface area contributed by atoms with E-state index < -0.39 is 6.10 Å². The Hall–Kier alpha value is -2.89. The maximum absolute atomic E-state index is 12.8. The van der Waals surface area contributed by atoms with Crippen molar-refractivity contribution in [2.24, 2.45) is 0 Å². The summed E-state index contributed by atoms with van der Waals surface area (Å²) in [5.41, 5.74) is 0. The second kappa shape index (κ2) is 64.6. The van der Waals surface area contributed by atoms with Gasteiger partial charge in [0.2, 0.25) is 0 Å². The summed E-state index contributed by atoms with van der Waals surface area (Å²) in [6.45, 7) is 6.48. The van der Waals surface area contributed by atoms with E-state index in [1.54, 1.807) is 0 Å². The van der Waals surface area contributed by atoms with Crippen LogP contribution in [0.2, 0.25) is 0 Å². The van der Waals surface area contributed by atoms with Crippen molar-refractivity contribution in [3.63, 3.8) is 0 Å². The summed E-state index contributed by atoms with van der Waals surface area (Å²) in [4.78, 5) is 37.9. The molecule has 0 radical (unpaired) electrons. The summed E-state index contributed by atoms with van der Waals surface area (Å²) in [7, 11) is 0. The molecule has 0 saturated carbocycles. The van der Waals surface area contributed by atoms with Gasteiger partial charge in [0.25, 0.3) is 0 Å². The van der Waals surface area contributed by atoms with Gasteiger partial charge in [-0.1, -0.05) is 306 Å². The maximum atomic E-state index is 12.8. The van der Waals surface area contributed by atoms with Crippen LogP contribution in [-0.4, -0.2) is 37.2 Å². The highest BCUT2D eigenvalue weighted by Gasteiger charge is 2.19. The average Bonchev–Trinajstić information content (AvgIpc) is 3.42. The van der Waals surface area contributed by atoms with Crippen molar-refractivity contribution < 1.29 is 28.6 Å². The van der Waals surface area contributed by atoms with Crippen molar-refractivity contribution in [2.75, 3.05) is 13.2 Å². The maximum Gasteiger partial charge on any atom is 0.306 e. The highest BCUT2D eigenvalue weighted by molar-refractivity contribution is 5.71. The lowest BCUT2D eigenvalue weighted by atomic mass is 10.0. The Balaban J connectivity index is 3.88. The van der Waals surface area contributed by atoms with Crippen LogP contribution in [0.1, 0.15) is 348 Å². The Morgan fingerprint density at radius 2 is 0.513 bits per heavy atom. The minimum Gasteiger partial charge on any atom is -0.462 e. The summed E-state index contributed by atoms with van der Waals surface area (Å²) < 4.78 is 16.8. The smallest absolute Gasteiger partial charge is 0.306 e. The molecule has 0 aliphatic carbocycles. The van der Waals surface area contributed by atoms with E-state index in [0.29, 0.717) is 19.3 Å². The second-order valence-corrected chi connectivity index (χ2v) is 22.4. The molecule has 0 bridgehead atoms. The van der Waals surface area contributed by atoms with Gasteiger partial charge >= 0.3 is 17.9 Å². The fourth-order valence-corrected chi connectivity index (χ4v) is 9.79. The number of unbranched alkanes of at least 4 members (excludes halogenated alkanes) is 40. The predicted molar refractivity (Wildman–Crippen MR) is 330 cm³/mol. The molecule has 0 aromatic rings. The number of ether oxygens (including phenoxy) is 3. The molecule has 0 heterocycles. The molecule has 0 aliphatic rings. The van der Waals surface area contributed by atoms with E-state index in [-0.39, 0.29) is 31.1 Å². The van der Waals surface area contributed by atoms with E-state index in [9.17, 15) is 14.4 Å². The first-order valence-electron chi connectivity index (χ1n) is 33.3. The normalized spacial score (nSPS) is 12.4. The standard InChI is InChI=1S/C70H126O6/c1-4-7-10-13-15-17-19-21-23-25-27-28-29-30-31-32-33-34-35-36-37-38-39-40-41-42-43-45-46-48-50-52-54-57-60-63-69(72)75-66-67(65-74-68(71)62-59-56-12-9-6-3)76-70(73)64-61-58-55-53-51-49-47-44-26-24-22-20-18-16-14-11-8-5-2/h7,10,15,17,21,23-24,26-28,67H,4-6,8-9,11-14,16,18-20,22,25,29-66H2,1-3H3/b10-7-,17-15-,23-21-,26-24-,28-27-. The number of rotatable bonds is 61. The Morgan fingerprint density at radius 1 is 0.276 bits per heavy atom. The second-order valence-electron chi connectivity index (χ2n) is 22.4. The first-order chi connectivity index (χ1) is 37.5. The van der Waals surface area contributed by atoms with Crippen LogP contribution >= 0.6 is 0 Å². The molecule has 0 saturated heterocycles. The van der Waals surface area contributed by atoms with Gasteiger partial charge in [-0.3, -0.25) is 14.4 Å². The molecule has 76 heavy (non-hydrogen) atoms. The van der Waals surface area contributed by atoms with Crippen molar-refractivity contribution in [1.29, 1.82) is 0 Å². The summed E-state index contributed by atoms with van der Waals surface area (Å²) >= 11 is 0. The molecule has 0 aromatic heterocycles. The zero-order chi connectivity index (χ0) is 55.0. The molecular weight excluding hydrogens is 937 g/mol. The largest absolute Gasteiger partial charge is 0.462 e. The summed E-state index contributed by atoms with van der Waals surface area (Å²) in [5, 5.41) is 0. The van der Waals surface area contributed by atoms with Crippen LogP contribution in [0.5, 0.6) is 0 Å². The molecule has 442 valence electrons. The quantitative estimate of drug-likeness (QED) is 0.0261. The van der Waals surface area contributed by atoms with E-state index in [2.05, 4.69) is 81.5 Å². The van der Waals surface area contributed by atoms with Crippen LogP contribution in [0.15, 0.2) is 60.8 Å². The van der Waals surface area contributed by atoms with Gasteiger partial charge in [0, 0.05) is 19.3 Å². The van der Waals surface area contributed by atoms with Gasteiger partial charge in [0.05, 0.1) is 0 Å². The van der Waals surface area contributed by atoms with E-state index >= 15 is 0 Å². The molecule has 0 aromatic carbocycles. The van der Waals surface area contributed by atoms with Crippen LogP contribution in [-0.2, 0) is 28.6 Å². The lowest BCUT2D eigenvalue weighted by Gasteiger charge is -2.18. The minimum absolute atomic E-state index is 0.0709. The topological polar surface area (TPSA) is 78.9 Å². The molecule has 0 aliphatic heterocycles. The lowest BCUT2D eigenvalue weighted by molar-refractivity contribution is -0.167. The number of hydrogen-bond donors (Lipinski definition) is 0. The minimum atomic E-state index is -0.769. The third kappa shape index (κ3) is 62.0. The van der Waals surface area contributed by atoms with Crippen molar-refractivity contribution in [3.8, 4) is 0 Å². The van der Waals surface area contributed by atoms with Crippen LogP contribution < -0.4 is 0 Å². The Kier molecular flexibility index (Phi) is 62.2. The van der Waals surface area contributed by atoms with Crippen LogP contribution in [0.4, 0.5) is 0 Å². The van der Waals surface area contributed by atoms with Crippen LogP contribution in [0.25, 0.3) is 0 Å². The number of allylic oxidation sites excluding steroid dienone is 10. The number of carbonyl (C=O) groups excluding carboxylic acids is 3. The Labute approximate surface area is 472 Å². The number of esters is 3. The number of carbonyl (C=O) groups is 3. The van der Waals surface area contributed by atoms with Gasteiger partial charge in [-0.25, -0.2) is 0 Å². The SMILES string of the molecule is CC/C=C\C/C=C\C/C=C\C/C=C\CCCCCCCCCCCCCCCCCCCCCCCCC(=O)OCC(COC(=O)CCCCCCC)OC(=O)CCCCCCCCC/C=C\CCCCCCCCC. The average molecular weight is 1060 g/mol. The summed E-state index contributed by atoms with van der Waals surface area (Å²) in [6, 6.07) is 0. The summed E-state index contributed by atoms with van der Waals surface area (Å²) in [6.07, 6.45) is 83.0. The van der Waals surface area contributed by atoms with Gasteiger partial charge in [-0.05, 0) is 83.5 Å². The molecule has 0 rings (SSSR count). The Bertz CT molecular complexity index is 1360. The first kappa shape index (κ1) is 73.1. The van der Waals surface area contributed by atoms with Crippen molar-refractivity contribution in [1.82, 2.24) is 0 Å². The van der Waals surface area contributed by atoms with Gasteiger partial charge in [-0.15, -0.1) is 0 Å². The van der Waals surface area contributed by atoms with Gasteiger partial charge in [0.15, 0.2) is 6.10 Å². The molecule has 1 unspecified atom stereocenters. The van der Waals surface area contributed by atoms with Crippen LogP contribution in [0, 0.1) is 0 Å². The van der Waals surface area contributed by atoms with Gasteiger partial charge in [-0.2, -0.15) is 0 Å². The Morgan fingerprint density at radius 3 is 0.816 bits per heavy atom. The van der Waals surface area contributed by atoms with E-state index in [0.717, 1.165) is 89.9 Å². The van der Waals surface area contributed by atoms with E-state index in [1.165, 1.54) is 218 Å². The first-order valence-corrected chi connectivity index (χ1v) is 33.3. The van der Waals surface area contributed by atoms with Crippen molar-refractivity contribution in [2.45, 2.75) is 354 Å². The molecule has 0 fully saturated rings. The summed E-state index contributed by atoms with van der Waals surface area (Å²) in [5.74, 6) is -0.871. The van der Waals surface area contributed by atoms with Gasteiger partial charge in [0.1, 0.15) is 13.2 Å². The monoisotopic (exact) mass is 1060 g/mol. The fraction of sp³-hybridized carbons (Fsp3) is 0.814. The van der Waals surface area contributed by atoms with E-state index in [4.69, 9.17) is 14.2 Å². The molecular formula is C70H126O6. The number of hydrogen-bond acceptors (Lipinski definition) is 6. The lowest BCUT2D eigenvalue weighted by Crippen LogP contribution is -2.30. The van der Waals surface area contributed by atoms with Gasteiger partial charge < -0.3 is 14.2 Å². The molecule has 0 amide bonds. The molecule has 0 spiro atoms. The van der Waals surface area contributed by atoms with Crippen molar-refractivity contribution in [3.05, 3.63) is 60.8 Å². The molecule has 6 nitrogen and oxygen atoms in total. The van der Waals surface area contributed by atoms with E-state index in [1.807, 2.05) is 0 Å². The molecule has 1 atom stereocenters. The highest BCUT2D eigenvalue weighted by Crippen LogP contribution is 2.18.